The highest BCUT2D eigenvalue weighted by Crippen LogP contribution is 2.44. The molecule has 0 radical (unpaired) electrons. The number of nitrogens with zero attached hydrogens (tertiary/aromatic N) is 1. The molecule has 7 nitrogen and oxygen atoms in total. The van der Waals surface area contributed by atoms with Gasteiger partial charge in [-0.05, 0) is 74.2 Å². The van der Waals surface area contributed by atoms with Crippen LogP contribution in [-0.2, 0) is 0 Å². The maximum absolute atomic E-state index is 13.1. The summed E-state index contributed by atoms with van der Waals surface area (Å²) in [6, 6.07) is 19.0. The number of aryl methyl sites for hydroxylation is 3. The fourth-order valence-electron chi connectivity index (χ4n) is 5.32. The van der Waals surface area contributed by atoms with Crippen molar-refractivity contribution >= 4 is 16.9 Å². The number of furan rings is 1. The van der Waals surface area contributed by atoms with Gasteiger partial charge in [-0.25, -0.2) is 4.79 Å². The topological polar surface area (TPSA) is 108 Å². The summed E-state index contributed by atoms with van der Waals surface area (Å²) in [5.74, 6) is 0.614. The van der Waals surface area contributed by atoms with Gasteiger partial charge >= 0.3 is 5.97 Å². The Hall–Kier alpha value is -4.70. The molecular formula is C35H36N2O5. The number of carbonyl (C=O) groups is 1. The van der Waals surface area contributed by atoms with Crippen LogP contribution in [0.15, 0.2) is 70.5 Å². The van der Waals surface area contributed by atoms with Gasteiger partial charge in [-0.15, -0.1) is 0 Å². The van der Waals surface area contributed by atoms with E-state index in [9.17, 15) is 10.1 Å². The number of nitrogens with two attached hydrogens (primary N) is 1. The molecule has 1 unspecified atom stereocenters. The van der Waals surface area contributed by atoms with E-state index in [0.29, 0.717) is 23.5 Å². The van der Waals surface area contributed by atoms with E-state index in [1.54, 1.807) is 18.2 Å². The summed E-state index contributed by atoms with van der Waals surface area (Å²) in [5.41, 5.74) is 11.7. The molecule has 0 spiro atoms. The van der Waals surface area contributed by atoms with Crippen molar-refractivity contribution in [3.8, 4) is 23.3 Å². The molecule has 5 rings (SSSR count). The maximum Gasteiger partial charge on any atom is 0.379 e. The Labute approximate surface area is 246 Å². The zero-order valence-electron chi connectivity index (χ0n) is 24.6. The van der Waals surface area contributed by atoms with Gasteiger partial charge in [0.05, 0.1) is 12.5 Å². The first-order chi connectivity index (χ1) is 20.3. The Balaban J connectivity index is 1.35. The van der Waals surface area contributed by atoms with Crippen molar-refractivity contribution in [2.45, 2.75) is 65.7 Å². The smallest absolute Gasteiger partial charge is 0.379 e. The Morgan fingerprint density at radius 2 is 1.67 bits per heavy atom. The monoisotopic (exact) mass is 564 g/mol. The van der Waals surface area contributed by atoms with E-state index in [1.165, 1.54) is 19.3 Å². The lowest BCUT2D eigenvalue weighted by Gasteiger charge is -2.26. The number of rotatable bonds is 10. The van der Waals surface area contributed by atoms with Gasteiger partial charge in [0.25, 0.3) is 0 Å². The van der Waals surface area contributed by atoms with Gasteiger partial charge in [-0.2, -0.15) is 5.26 Å². The molecule has 0 aliphatic carbocycles. The summed E-state index contributed by atoms with van der Waals surface area (Å²) in [6.45, 7) is 8.75. The van der Waals surface area contributed by atoms with Crippen molar-refractivity contribution in [3.05, 3.63) is 99.6 Å². The molecule has 1 aliphatic rings. The predicted octanol–water partition coefficient (Wildman–Crippen LogP) is 8.14. The van der Waals surface area contributed by atoms with Crippen molar-refractivity contribution in [2.24, 2.45) is 5.73 Å². The van der Waals surface area contributed by atoms with Crippen LogP contribution in [0.1, 0.15) is 83.3 Å². The number of carbonyl (C=O) groups excluding carboxylic acids is 1. The van der Waals surface area contributed by atoms with Gasteiger partial charge in [0.2, 0.25) is 11.6 Å². The number of nitriles is 1. The highest BCUT2D eigenvalue weighted by molar-refractivity contribution is 5.97. The normalized spacial score (nSPS) is 14.3. The number of ether oxygens (including phenoxy) is 3. The summed E-state index contributed by atoms with van der Waals surface area (Å²) in [4.78, 5) is 13.1. The highest BCUT2D eigenvalue weighted by Gasteiger charge is 2.31. The third-order valence-electron chi connectivity index (χ3n) is 7.87. The second-order valence-corrected chi connectivity index (χ2v) is 10.8. The number of benzene rings is 3. The highest BCUT2D eigenvalue weighted by atomic mass is 16.5. The van der Waals surface area contributed by atoms with Crippen molar-refractivity contribution in [1.82, 2.24) is 0 Å². The van der Waals surface area contributed by atoms with Crippen molar-refractivity contribution in [2.75, 3.05) is 6.61 Å². The van der Waals surface area contributed by atoms with E-state index < -0.39 is 11.9 Å². The van der Waals surface area contributed by atoms with Gasteiger partial charge in [0.15, 0.2) is 0 Å². The average Bonchev–Trinajstić information content (AvgIpc) is 3.29. The standard InChI is InChI=1S/C35H36N2O5/c1-5-6-7-8-9-16-39-25-12-10-24(11-13-25)32-27-15-14-26(19-31(27)42-34(37)29(32)20-36)40-35(38)33-23(4)28-17-21(2)22(3)18-30(28)41-33/h10-15,17-19,32H,5-9,16,37H2,1-4H3. The van der Waals surface area contributed by atoms with Gasteiger partial charge in [0, 0.05) is 22.6 Å². The van der Waals surface area contributed by atoms with Gasteiger partial charge in [-0.3, -0.25) is 0 Å². The van der Waals surface area contributed by atoms with Crippen LogP contribution in [0, 0.1) is 32.1 Å². The zero-order chi connectivity index (χ0) is 29.8. The lowest BCUT2D eigenvalue weighted by Crippen LogP contribution is -2.21. The molecule has 1 aliphatic heterocycles. The van der Waals surface area contributed by atoms with Crippen molar-refractivity contribution in [3.63, 3.8) is 0 Å². The molecule has 216 valence electrons. The van der Waals surface area contributed by atoms with Crippen LogP contribution in [0.25, 0.3) is 11.0 Å². The Bertz CT molecular complexity index is 1690. The van der Waals surface area contributed by atoms with Crippen molar-refractivity contribution in [1.29, 1.82) is 5.26 Å². The van der Waals surface area contributed by atoms with Crippen LogP contribution in [0.2, 0.25) is 0 Å². The average molecular weight is 565 g/mol. The molecule has 0 bridgehead atoms. The van der Waals surface area contributed by atoms with E-state index in [0.717, 1.165) is 51.8 Å². The second-order valence-electron chi connectivity index (χ2n) is 10.8. The quantitative estimate of drug-likeness (QED) is 0.118. The molecule has 0 fully saturated rings. The minimum Gasteiger partial charge on any atom is -0.494 e. The van der Waals surface area contributed by atoms with E-state index in [2.05, 4.69) is 13.0 Å². The molecular weight excluding hydrogens is 528 g/mol. The van der Waals surface area contributed by atoms with Crippen LogP contribution in [0.5, 0.6) is 17.2 Å². The molecule has 0 saturated carbocycles. The summed E-state index contributed by atoms with van der Waals surface area (Å²) < 4.78 is 23.3. The number of hydrogen-bond acceptors (Lipinski definition) is 7. The summed E-state index contributed by atoms with van der Waals surface area (Å²) in [6.07, 6.45) is 5.88. The molecule has 0 saturated heterocycles. The molecule has 2 N–H and O–H groups in total. The number of hydrogen-bond donors (Lipinski definition) is 1. The second kappa shape index (κ2) is 12.4. The molecule has 2 heterocycles. The fraction of sp³-hybridized carbons (Fsp3) is 0.314. The summed E-state index contributed by atoms with van der Waals surface area (Å²) in [7, 11) is 0. The van der Waals surface area contributed by atoms with Crippen LogP contribution in [-0.4, -0.2) is 12.6 Å². The summed E-state index contributed by atoms with van der Waals surface area (Å²) in [5, 5.41) is 10.8. The lowest BCUT2D eigenvalue weighted by molar-refractivity contribution is 0.0702. The Kier molecular flexibility index (Phi) is 8.53. The zero-order valence-corrected chi connectivity index (χ0v) is 24.6. The minimum atomic E-state index is -0.603. The van der Waals surface area contributed by atoms with Gasteiger partial charge in [0.1, 0.15) is 34.5 Å². The fourth-order valence-corrected chi connectivity index (χ4v) is 5.32. The third kappa shape index (κ3) is 5.84. The van der Waals surface area contributed by atoms with Crippen molar-refractivity contribution < 1.29 is 23.4 Å². The number of fused-ring (bicyclic) bond motifs is 2. The van der Waals surface area contributed by atoms with E-state index in [4.69, 9.17) is 24.4 Å². The molecule has 42 heavy (non-hydrogen) atoms. The van der Waals surface area contributed by atoms with Crippen LogP contribution >= 0.6 is 0 Å². The number of allylic oxidation sites excluding steroid dienone is 1. The first kappa shape index (κ1) is 28.8. The van der Waals surface area contributed by atoms with E-state index in [-0.39, 0.29) is 17.4 Å². The maximum atomic E-state index is 13.1. The third-order valence-corrected chi connectivity index (χ3v) is 7.87. The summed E-state index contributed by atoms with van der Waals surface area (Å²) >= 11 is 0. The van der Waals surface area contributed by atoms with Gasteiger partial charge < -0.3 is 24.4 Å². The van der Waals surface area contributed by atoms with Crippen LogP contribution in [0.4, 0.5) is 0 Å². The largest absolute Gasteiger partial charge is 0.494 e. The first-order valence-corrected chi connectivity index (χ1v) is 14.5. The molecule has 1 atom stereocenters. The Morgan fingerprint density at radius 3 is 2.40 bits per heavy atom. The lowest BCUT2D eigenvalue weighted by atomic mass is 9.83. The molecule has 7 heteroatoms. The molecule has 0 amide bonds. The number of esters is 1. The molecule has 1 aromatic heterocycles. The SMILES string of the molecule is CCCCCCCOc1ccc(C2C(C#N)=C(N)Oc3cc(OC(=O)c4oc5cc(C)c(C)cc5c4C)ccc32)cc1. The van der Waals surface area contributed by atoms with E-state index >= 15 is 0 Å². The molecule has 4 aromatic rings. The molecule has 3 aromatic carbocycles. The van der Waals surface area contributed by atoms with Gasteiger partial charge in [-0.1, -0.05) is 50.8 Å². The first-order valence-electron chi connectivity index (χ1n) is 14.5. The van der Waals surface area contributed by atoms with Crippen LogP contribution < -0.4 is 19.9 Å². The minimum absolute atomic E-state index is 0.0183. The van der Waals surface area contributed by atoms with Crippen LogP contribution in [0.3, 0.4) is 0 Å². The number of unbranched alkanes of at least 4 members (excludes halogenated alkanes) is 4. The van der Waals surface area contributed by atoms with E-state index in [1.807, 2.05) is 57.2 Å². The Morgan fingerprint density at radius 1 is 0.952 bits per heavy atom. The predicted molar refractivity (Wildman–Crippen MR) is 162 cm³/mol.